The van der Waals surface area contributed by atoms with E-state index in [-0.39, 0.29) is 44.1 Å². The van der Waals surface area contributed by atoms with Crippen LogP contribution in [0.2, 0.25) is 0 Å². The van der Waals surface area contributed by atoms with Crippen LogP contribution in [0, 0.1) is 41.4 Å². The molecular formula is C57H88N2O16. The van der Waals surface area contributed by atoms with Gasteiger partial charge < -0.3 is 81.1 Å². The number of ether oxygens (including phenoxy) is 4. The molecule has 0 aromatic rings. The minimum absolute atomic E-state index is 0.0845. The third kappa shape index (κ3) is 17.5. The first-order valence-corrected chi connectivity index (χ1v) is 27.4. The van der Waals surface area contributed by atoms with Crippen molar-refractivity contribution in [1.82, 2.24) is 5.32 Å². The first-order chi connectivity index (χ1) is 35.6. The maximum absolute atomic E-state index is 14.6. The lowest BCUT2D eigenvalue weighted by atomic mass is 9.54. The molecule has 4 saturated carbocycles. The SMILES string of the molecule is C[C@@H]1[C@H](O)[C@@H](C)/C=C/C=C/C=C/C=C/C=C/C=C/C=C/[C@H](O[C@@H]2O[C@H](C)[C@@H](O)[C@H](N)[C@@H]2O)C[C@@H]2O[C@](O)(C[C@@H](O)[C@H](O)CC[C@@H](O)C[C@@H](O)C[C@@H](O)CC(=O)O[C@H]1C)C[C@H](O)[C@H]2C(=O)NC1C2CC3CC(C2)CC1C3. The van der Waals surface area contributed by atoms with E-state index in [1.54, 1.807) is 51.2 Å². The van der Waals surface area contributed by atoms with Crippen LogP contribution in [-0.4, -0.2) is 166 Å². The van der Waals surface area contributed by atoms with Crippen molar-refractivity contribution in [2.45, 2.75) is 215 Å². The van der Waals surface area contributed by atoms with Crippen LogP contribution in [0.5, 0.6) is 0 Å². The largest absolute Gasteiger partial charge is 0.462 e. The fourth-order valence-electron chi connectivity index (χ4n) is 12.4. The number of cyclic esters (lactones) is 1. The Morgan fingerprint density at radius 1 is 0.627 bits per heavy atom. The highest BCUT2D eigenvalue weighted by Crippen LogP contribution is 2.54. The van der Waals surface area contributed by atoms with Crippen LogP contribution in [0.15, 0.2) is 85.1 Å². The number of allylic oxidation sites excluding steroid dienone is 12. The van der Waals surface area contributed by atoms with Crippen LogP contribution < -0.4 is 11.1 Å². The number of hydrogen-bond donors (Lipinski definition) is 12. The van der Waals surface area contributed by atoms with Crippen molar-refractivity contribution >= 4 is 11.9 Å². The topological polar surface area (TPSA) is 311 Å². The van der Waals surface area contributed by atoms with Crippen molar-refractivity contribution in [2.75, 3.05) is 0 Å². The highest BCUT2D eigenvalue weighted by Gasteiger charge is 2.54. The van der Waals surface area contributed by atoms with Gasteiger partial charge in [-0.15, -0.1) is 0 Å². The van der Waals surface area contributed by atoms with Crippen molar-refractivity contribution in [3.05, 3.63) is 85.1 Å². The van der Waals surface area contributed by atoms with Crippen LogP contribution in [-0.2, 0) is 28.5 Å². The Kier molecular flexibility index (Phi) is 23.1. The summed E-state index contributed by atoms with van der Waals surface area (Å²) in [4.78, 5) is 27.3. The molecule has 13 N–H and O–H groups in total. The van der Waals surface area contributed by atoms with Crippen molar-refractivity contribution in [3.63, 3.8) is 0 Å². The van der Waals surface area contributed by atoms with E-state index in [1.807, 2.05) is 61.6 Å². The number of hydrogen-bond acceptors (Lipinski definition) is 17. The average Bonchev–Trinajstić information content (AvgIpc) is 3.34. The Morgan fingerprint density at radius 2 is 1.17 bits per heavy atom. The lowest BCUT2D eigenvalue weighted by Crippen LogP contribution is -2.62. The van der Waals surface area contributed by atoms with E-state index in [1.165, 1.54) is 6.42 Å². The molecule has 75 heavy (non-hydrogen) atoms. The van der Waals surface area contributed by atoms with E-state index < -0.39 is 140 Å². The molecule has 18 heteroatoms. The fraction of sp³-hybridized carbons (Fsp3) is 0.719. The standard InChI is InChI=1S/C57H88N2O16/c1-32-17-15-13-11-9-7-5-6-8-10-12-14-16-18-43(74-56-54(69)50(58)53(68)35(4)73-56)29-47-49(55(70)59-51-38-22-36-21-37(24-38)25-39(51)23-36)46(65)31-57(71,75-47)30-45(64)44(63)20-19-40(60)26-41(61)27-42(62)28-48(66)72-34(3)33(2)52(32)67/h5-18,32-47,49-54,56,60-65,67-69,71H,19-31,58H2,1-4H3,(H,59,70)/b6-5+,9-7+,10-8+,13-11+,14-12+,17-15+,18-16+/t32-,33-,34-,35+,36?,37?,38?,39?,40+,41+,42+,43-,44+,45+,46-,47-,49+,50-,51?,52+,53+,54-,56-,57+/m0/s1. The summed E-state index contributed by atoms with van der Waals surface area (Å²) in [5.74, 6) is -3.49. The average molecular weight is 1060 g/mol. The fourth-order valence-corrected chi connectivity index (χ4v) is 12.4. The van der Waals surface area contributed by atoms with E-state index in [0.717, 1.165) is 25.7 Å². The number of amides is 1. The molecule has 3 heterocycles. The first-order valence-electron chi connectivity index (χ1n) is 27.4. The summed E-state index contributed by atoms with van der Waals surface area (Å²) in [7, 11) is 0. The number of nitrogens with one attached hydrogen (secondary N) is 1. The number of fused-ring (bicyclic) bond motifs is 2. The predicted octanol–water partition coefficient (Wildman–Crippen LogP) is 2.57. The Morgan fingerprint density at radius 3 is 1.77 bits per heavy atom. The molecule has 422 valence electrons. The minimum atomic E-state index is -2.28. The highest BCUT2D eigenvalue weighted by molar-refractivity contribution is 5.80. The Bertz CT molecular complexity index is 2000. The van der Waals surface area contributed by atoms with E-state index in [4.69, 9.17) is 24.7 Å². The van der Waals surface area contributed by atoms with E-state index in [9.17, 15) is 60.7 Å². The molecule has 6 fully saturated rings. The Labute approximate surface area is 442 Å². The summed E-state index contributed by atoms with van der Waals surface area (Å²) in [5, 5.41) is 115. The molecule has 6 bridgehead atoms. The number of aliphatic hydroxyl groups excluding tert-OH is 9. The van der Waals surface area contributed by atoms with Gasteiger partial charge in [0.1, 0.15) is 12.2 Å². The van der Waals surface area contributed by atoms with Gasteiger partial charge in [-0.05, 0) is 95.3 Å². The maximum atomic E-state index is 14.6. The second-order valence-electron chi connectivity index (χ2n) is 22.7. The summed E-state index contributed by atoms with van der Waals surface area (Å²) in [6.07, 6.45) is 10.9. The van der Waals surface area contributed by atoms with E-state index in [2.05, 4.69) is 5.32 Å². The van der Waals surface area contributed by atoms with Crippen molar-refractivity contribution in [3.8, 4) is 0 Å². The molecule has 0 radical (unpaired) electrons. The highest BCUT2D eigenvalue weighted by atomic mass is 16.7. The zero-order chi connectivity index (χ0) is 54.6. The van der Waals surface area contributed by atoms with Crippen LogP contribution >= 0.6 is 0 Å². The summed E-state index contributed by atoms with van der Waals surface area (Å²) < 4.78 is 24.1. The first kappa shape index (κ1) is 60.8. The smallest absolute Gasteiger partial charge is 0.308 e. The van der Waals surface area contributed by atoms with Gasteiger partial charge in [-0.3, -0.25) is 9.59 Å². The van der Waals surface area contributed by atoms with Crippen LogP contribution in [0.4, 0.5) is 0 Å². The molecule has 18 nitrogen and oxygen atoms in total. The number of nitrogens with two attached hydrogens (primary N) is 1. The molecule has 7 rings (SSSR count). The van der Waals surface area contributed by atoms with Crippen molar-refractivity contribution in [1.29, 1.82) is 0 Å². The van der Waals surface area contributed by atoms with Crippen LogP contribution in [0.1, 0.15) is 111 Å². The number of aliphatic hydroxyl groups is 10. The number of rotatable bonds is 4. The van der Waals surface area contributed by atoms with Crippen molar-refractivity contribution in [2.24, 2.45) is 47.2 Å². The molecule has 19 atom stereocenters. The number of esters is 1. The van der Waals surface area contributed by atoms with Gasteiger partial charge in [-0.25, -0.2) is 0 Å². The molecule has 0 unspecified atom stereocenters. The molecule has 4 aliphatic carbocycles. The zero-order valence-electron chi connectivity index (χ0n) is 44.1. The molecule has 7 aliphatic rings. The lowest BCUT2D eigenvalue weighted by molar-refractivity contribution is -0.308. The van der Waals surface area contributed by atoms with Gasteiger partial charge in [0, 0.05) is 37.1 Å². The summed E-state index contributed by atoms with van der Waals surface area (Å²) in [6, 6.07) is -1.20. The number of carbonyl (C=O) groups excluding carboxylic acids is 2. The van der Waals surface area contributed by atoms with Gasteiger partial charge in [-0.1, -0.05) is 98.9 Å². The van der Waals surface area contributed by atoms with Gasteiger partial charge >= 0.3 is 5.97 Å². The molecule has 0 aromatic heterocycles. The lowest BCUT2D eigenvalue weighted by Gasteiger charge is -2.55. The maximum Gasteiger partial charge on any atom is 0.308 e. The minimum Gasteiger partial charge on any atom is -0.462 e. The van der Waals surface area contributed by atoms with Gasteiger partial charge in [0.05, 0.1) is 85.5 Å². The van der Waals surface area contributed by atoms with Crippen LogP contribution in [0.25, 0.3) is 0 Å². The second kappa shape index (κ2) is 28.4. The Balaban J connectivity index is 1.23. The van der Waals surface area contributed by atoms with E-state index in [0.29, 0.717) is 23.7 Å². The monoisotopic (exact) mass is 1060 g/mol. The third-order valence-electron chi connectivity index (χ3n) is 16.6. The second-order valence-corrected chi connectivity index (χ2v) is 22.7. The summed E-state index contributed by atoms with van der Waals surface area (Å²) >= 11 is 0. The van der Waals surface area contributed by atoms with Gasteiger partial charge in [0.15, 0.2) is 12.1 Å². The molecule has 2 saturated heterocycles. The van der Waals surface area contributed by atoms with Crippen molar-refractivity contribution < 1.29 is 79.6 Å². The van der Waals surface area contributed by atoms with Crippen LogP contribution in [0.3, 0.4) is 0 Å². The van der Waals surface area contributed by atoms with Gasteiger partial charge in [0.25, 0.3) is 0 Å². The summed E-state index contributed by atoms with van der Waals surface area (Å²) in [6.45, 7) is 6.85. The van der Waals surface area contributed by atoms with Gasteiger partial charge in [-0.2, -0.15) is 0 Å². The molecule has 0 spiro atoms. The van der Waals surface area contributed by atoms with Gasteiger partial charge in [0.2, 0.25) is 5.91 Å². The molecule has 1 amide bonds. The molecule has 0 aromatic carbocycles. The molecular weight excluding hydrogens is 969 g/mol. The normalized spacial score (nSPS) is 48.3. The Hall–Kier alpha value is -3.44. The molecule has 3 aliphatic heterocycles. The van der Waals surface area contributed by atoms with E-state index >= 15 is 0 Å². The summed E-state index contributed by atoms with van der Waals surface area (Å²) in [5.41, 5.74) is 6.18. The third-order valence-corrected chi connectivity index (χ3v) is 16.6. The predicted molar refractivity (Wildman–Crippen MR) is 278 cm³/mol. The zero-order valence-corrected chi connectivity index (χ0v) is 44.1. The number of carbonyl (C=O) groups is 2. The quantitative estimate of drug-likeness (QED) is 0.180.